The van der Waals surface area contributed by atoms with Crippen LogP contribution < -0.4 is 5.32 Å². The average Bonchev–Trinajstić information content (AvgIpc) is 2.98. The molecule has 1 N–H and O–H groups in total. The fourth-order valence-electron chi connectivity index (χ4n) is 2.23. The van der Waals surface area contributed by atoms with Gasteiger partial charge in [0.05, 0.1) is 10.6 Å². The molecule has 3 amide bonds. The lowest BCUT2D eigenvalue weighted by molar-refractivity contribution is -0.155. The van der Waals surface area contributed by atoms with E-state index in [4.69, 9.17) is 16.3 Å². The van der Waals surface area contributed by atoms with Gasteiger partial charge in [-0.1, -0.05) is 23.7 Å². The molecule has 1 aromatic rings. The molecule has 0 aliphatic carbocycles. The highest BCUT2D eigenvalue weighted by molar-refractivity contribution is 6.33. The first kappa shape index (κ1) is 17.9. The van der Waals surface area contributed by atoms with Crippen LogP contribution in [-0.2, 0) is 19.1 Å². The molecule has 7 nitrogen and oxygen atoms in total. The molecule has 1 fully saturated rings. The minimum absolute atomic E-state index is 0.234. The van der Waals surface area contributed by atoms with Crippen LogP contribution in [0.3, 0.4) is 0 Å². The van der Waals surface area contributed by atoms with E-state index < -0.39 is 30.4 Å². The molecule has 128 valence electrons. The van der Waals surface area contributed by atoms with Crippen LogP contribution in [0, 0.1) is 0 Å². The lowest BCUT2D eigenvalue weighted by atomic mass is 10.2. The van der Waals surface area contributed by atoms with E-state index in [0.29, 0.717) is 19.4 Å². The highest BCUT2D eigenvalue weighted by Gasteiger charge is 2.28. The number of benzene rings is 1. The van der Waals surface area contributed by atoms with Gasteiger partial charge in [-0.15, -0.1) is 0 Å². The van der Waals surface area contributed by atoms with Gasteiger partial charge >= 0.3 is 5.97 Å². The molecular weight excluding hydrogens is 336 g/mol. The Morgan fingerprint density at radius 1 is 1.33 bits per heavy atom. The van der Waals surface area contributed by atoms with Crippen LogP contribution in [0.5, 0.6) is 0 Å². The molecule has 2 rings (SSSR count). The molecule has 0 aromatic heterocycles. The number of hydrogen-bond donors (Lipinski definition) is 1. The van der Waals surface area contributed by atoms with E-state index in [2.05, 4.69) is 5.32 Å². The summed E-state index contributed by atoms with van der Waals surface area (Å²) >= 11 is 5.91. The number of halogens is 1. The number of esters is 1. The Hall–Kier alpha value is -2.41. The van der Waals surface area contributed by atoms with Crippen LogP contribution in [0.1, 0.15) is 30.1 Å². The van der Waals surface area contributed by atoms with Gasteiger partial charge in [0.25, 0.3) is 11.8 Å². The number of ether oxygens (including phenoxy) is 1. The van der Waals surface area contributed by atoms with E-state index in [-0.39, 0.29) is 16.5 Å². The number of carbonyl (C=O) groups excluding carboxylic acids is 4. The van der Waals surface area contributed by atoms with Crippen LogP contribution in [-0.4, -0.2) is 47.8 Å². The SMILES string of the molecule is C[C@H](NC(=O)c1ccccc1Cl)C(=O)OCC(=O)N1CCCC1=O. The van der Waals surface area contributed by atoms with Crippen molar-refractivity contribution in [1.82, 2.24) is 10.2 Å². The van der Waals surface area contributed by atoms with Gasteiger partial charge in [-0.25, -0.2) is 4.79 Å². The second kappa shape index (κ2) is 7.92. The highest BCUT2D eigenvalue weighted by Crippen LogP contribution is 2.14. The van der Waals surface area contributed by atoms with E-state index in [1.807, 2.05) is 0 Å². The van der Waals surface area contributed by atoms with Gasteiger partial charge in [-0.05, 0) is 25.5 Å². The standard InChI is InChI=1S/C16H17ClN2O5/c1-10(18-15(22)11-5-2-3-6-12(11)17)16(23)24-9-14(21)19-8-4-7-13(19)20/h2-3,5-6,10H,4,7-9H2,1H3,(H,18,22)/t10-/m0/s1. The third-order valence-electron chi connectivity index (χ3n) is 3.53. The van der Waals surface area contributed by atoms with E-state index in [9.17, 15) is 19.2 Å². The number of carbonyl (C=O) groups is 4. The zero-order chi connectivity index (χ0) is 17.7. The molecule has 1 saturated heterocycles. The zero-order valence-electron chi connectivity index (χ0n) is 13.1. The molecule has 0 bridgehead atoms. The summed E-state index contributed by atoms with van der Waals surface area (Å²) in [6.07, 6.45) is 0.937. The van der Waals surface area contributed by atoms with Crippen molar-refractivity contribution in [3.63, 3.8) is 0 Å². The van der Waals surface area contributed by atoms with Crippen LogP contribution >= 0.6 is 11.6 Å². The fraction of sp³-hybridized carbons (Fsp3) is 0.375. The number of rotatable bonds is 5. The first-order chi connectivity index (χ1) is 11.4. The number of amides is 3. The maximum atomic E-state index is 12.0. The normalized spacial score (nSPS) is 15.1. The molecule has 1 aliphatic heterocycles. The topological polar surface area (TPSA) is 92.8 Å². The Balaban J connectivity index is 1.84. The predicted molar refractivity (Wildman–Crippen MR) is 85.3 cm³/mol. The van der Waals surface area contributed by atoms with Gasteiger partial charge < -0.3 is 10.1 Å². The summed E-state index contributed by atoms with van der Waals surface area (Å²) < 4.78 is 4.86. The summed E-state index contributed by atoms with van der Waals surface area (Å²) in [4.78, 5) is 48.2. The summed E-state index contributed by atoms with van der Waals surface area (Å²) in [5.74, 6) is -2.12. The molecule has 24 heavy (non-hydrogen) atoms. The quantitative estimate of drug-likeness (QED) is 0.802. The smallest absolute Gasteiger partial charge is 0.328 e. The lowest BCUT2D eigenvalue weighted by Crippen LogP contribution is -2.42. The van der Waals surface area contributed by atoms with E-state index >= 15 is 0 Å². The van der Waals surface area contributed by atoms with Crippen molar-refractivity contribution in [2.45, 2.75) is 25.8 Å². The zero-order valence-corrected chi connectivity index (χ0v) is 13.8. The monoisotopic (exact) mass is 352 g/mol. The second-order valence-electron chi connectivity index (χ2n) is 5.33. The van der Waals surface area contributed by atoms with Gasteiger partial charge in [0.2, 0.25) is 5.91 Å². The maximum absolute atomic E-state index is 12.0. The van der Waals surface area contributed by atoms with Gasteiger partial charge in [-0.2, -0.15) is 0 Å². The third kappa shape index (κ3) is 4.32. The molecule has 0 saturated carbocycles. The predicted octanol–water partition coefficient (Wildman–Crippen LogP) is 1.15. The molecule has 8 heteroatoms. The molecule has 0 spiro atoms. The van der Waals surface area contributed by atoms with Gasteiger partial charge in [0.1, 0.15) is 6.04 Å². The minimum atomic E-state index is -0.962. The minimum Gasteiger partial charge on any atom is -0.454 e. The summed E-state index contributed by atoms with van der Waals surface area (Å²) in [5, 5.41) is 2.71. The molecule has 1 heterocycles. The molecule has 0 radical (unpaired) electrons. The van der Waals surface area contributed by atoms with Crippen molar-refractivity contribution in [2.24, 2.45) is 0 Å². The number of nitrogens with zero attached hydrogens (tertiary/aromatic N) is 1. The fourth-order valence-corrected chi connectivity index (χ4v) is 2.45. The highest BCUT2D eigenvalue weighted by atomic mass is 35.5. The van der Waals surface area contributed by atoms with Crippen molar-refractivity contribution < 1.29 is 23.9 Å². The van der Waals surface area contributed by atoms with Crippen molar-refractivity contribution in [2.75, 3.05) is 13.2 Å². The Kier molecular flexibility index (Phi) is 5.92. The molecule has 1 aromatic carbocycles. The van der Waals surface area contributed by atoms with Crippen molar-refractivity contribution in [3.05, 3.63) is 34.9 Å². The Morgan fingerprint density at radius 2 is 2.04 bits per heavy atom. The van der Waals surface area contributed by atoms with Crippen molar-refractivity contribution >= 4 is 35.3 Å². The van der Waals surface area contributed by atoms with E-state index in [0.717, 1.165) is 4.90 Å². The average molecular weight is 353 g/mol. The number of likely N-dealkylation sites (tertiary alicyclic amines) is 1. The Morgan fingerprint density at radius 3 is 2.67 bits per heavy atom. The third-order valence-corrected chi connectivity index (χ3v) is 3.86. The summed E-state index contributed by atoms with van der Waals surface area (Å²) in [5.41, 5.74) is 0.234. The van der Waals surface area contributed by atoms with E-state index in [1.54, 1.807) is 18.2 Å². The number of imide groups is 1. The van der Waals surface area contributed by atoms with Crippen LogP contribution in [0.2, 0.25) is 5.02 Å². The van der Waals surface area contributed by atoms with Crippen molar-refractivity contribution in [3.8, 4) is 0 Å². The molecular formula is C16H17ClN2O5. The first-order valence-corrected chi connectivity index (χ1v) is 7.83. The van der Waals surface area contributed by atoms with Crippen LogP contribution in [0.15, 0.2) is 24.3 Å². The Bertz CT molecular complexity index is 676. The summed E-state index contributed by atoms with van der Waals surface area (Å²) in [7, 11) is 0. The van der Waals surface area contributed by atoms with Gasteiger partial charge in [-0.3, -0.25) is 19.3 Å². The van der Waals surface area contributed by atoms with Gasteiger partial charge in [0, 0.05) is 13.0 Å². The van der Waals surface area contributed by atoms with Crippen LogP contribution in [0.4, 0.5) is 0 Å². The van der Waals surface area contributed by atoms with Crippen molar-refractivity contribution in [1.29, 1.82) is 0 Å². The molecule has 1 aliphatic rings. The van der Waals surface area contributed by atoms with Crippen LogP contribution in [0.25, 0.3) is 0 Å². The molecule has 0 unspecified atom stereocenters. The maximum Gasteiger partial charge on any atom is 0.328 e. The second-order valence-corrected chi connectivity index (χ2v) is 5.73. The number of nitrogens with one attached hydrogen (secondary N) is 1. The lowest BCUT2D eigenvalue weighted by Gasteiger charge is -2.16. The summed E-state index contributed by atoms with van der Waals surface area (Å²) in [6, 6.07) is 5.46. The molecule has 1 atom stereocenters. The van der Waals surface area contributed by atoms with Gasteiger partial charge in [0.15, 0.2) is 6.61 Å². The first-order valence-electron chi connectivity index (χ1n) is 7.45. The largest absolute Gasteiger partial charge is 0.454 e. The number of hydrogen-bond acceptors (Lipinski definition) is 5. The van der Waals surface area contributed by atoms with E-state index in [1.165, 1.54) is 13.0 Å². The Labute approximate surface area is 143 Å². The summed E-state index contributed by atoms with van der Waals surface area (Å²) in [6.45, 7) is 1.24.